The Morgan fingerprint density at radius 1 is 1.33 bits per heavy atom. The van der Waals surface area contributed by atoms with Gasteiger partial charge in [-0.1, -0.05) is 12.1 Å². The summed E-state index contributed by atoms with van der Waals surface area (Å²) in [7, 11) is 0. The lowest BCUT2D eigenvalue weighted by Gasteiger charge is -2.06. The number of fused-ring (bicyclic) bond motifs is 1. The zero-order valence-electron chi connectivity index (χ0n) is 7.58. The van der Waals surface area contributed by atoms with Gasteiger partial charge in [0.05, 0.1) is 5.52 Å². The molecular formula is C10H7NO4. The van der Waals surface area contributed by atoms with Crippen LogP contribution in [0.5, 0.6) is 5.75 Å². The second kappa shape index (κ2) is 3.45. The average Bonchev–Trinajstić information content (AvgIpc) is 2.24. The Balaban J connectivity index is 2.89. The highest BCUT2D eigenvalue weighted by Crippen LogP contribution is 2.20. The summed E-state index contributed by atoms with van der Waals surface area (Å²) in [5, 5.41) is 9.93. The minimum absolute atomic E-state index is 0.138. The molecule has 0 aliphatic rings. The van der Waals surface area contributed by atoms with Crippen LogP contribution in [0.15, 0.2) is 35.1 Å². The molecule has 5 nitrogen and oxygen atoms in total. The number of hydrogen-bond donors (Lipinski definition) is 1. The first kappa shape index (κ1) is 9.26. The quantitative estimate of drug-likeness (QED) is 0.715. The van der Waals surface area contributed by atoms with E-state index in [9.17, 15) is 14.7 Å². The predicted molar refractivity (Wildman–Crippen MR) is 52.5 cm³/mol. The zero-order valence-corrected chi connectivity index (χ0v) is 7.58. The fourth-order valence-corrected chi connectivity index (χ4v) is 1.39. The smallest absolute Gasteiger partial charge is 0.321 e. The fourth-order valence-electron chi connectivity index (χ4n) is 1.39. The first-order valence-electron chi connectivity index (χ1n) is 4.18. The van der Waals surface area contributed by atoms with Crippen LogP contribution in [-0.4, -0.2) is 16.3 Å². The third-order valence-electron chi connectivity index (χ3n) is 2.01. The Morgan fingerprint density at radius 3 is 2.80 bits per heavy atom. The summed E-state index contributed by atoms with van der Waals surface area (Å²) in [6.45, 7) is 0.158. The summed E-state index contributed by atoms with van der Waals surface area (Å²) < 4.78 is 0.821. The van der Waals surface area contributed by atoms with Crippen LogP contribution in [0.1, 0.15) is 0 Å². The zero-order chi connectivity index (χ0) is 10.8. The molecule has 5 heteroatoms. The highest BCUT2D eigenvalue weighted by Gasteiger charge is 2.07. The van der Waals surface area contributed by atoms with E-state index in [2.05, 4.69) is 4.84 Å². The second-order valence-electron chi connectivity index (χ2n) is 2.88. The van der Waals surface area contributed by atoms with E-state index in [1.54, 1.807) is 24.3 Å². The minimum Gasteiger partial charge on any atom is -0.507 e. The van der Waals surface area contributed by atoms with Crippen LogP contribution in [0.25, 0.3) is 10.9 Å². The molecule has 2 aromatic rings. The third-order valence-corrected chi connectivity index (χ3v) is 2.01. The summed E-state index contributed by atoms with van der Waals surface area (Å²) in [6.07, 6.45) is 0. The van der Waals surface area contributed by atoms with Gasteiger partial charge in [0.1, 0.15) is 5.75 Å². The Kier molecular flexibility index (Phi) is 2.13. The van der Waals surface area contributed by atoms with Gasteiger partial charge in [-0.05, 0) is 12.1 Å². The summed E-state index contributed by atoms with van der Waals surface area (Å²) in [6, 6.07) is 7.56. The van der Waals surface area contributed by atoms with E-state index in [-0.39, 0.29) is 12.2 Å². The van der Waals surface area contributed by atoms with Crippen LogP contribution < -0.4 is 10.4 Å². The van der Waals surface area contributed by atoms with Crippen molar-refractivity contribution in [1.29, 1.82) is 0 Å². The van der Waals surface area contributed by atoms with Crippen molar-refractivity contribution in [2.75, 3.05) is 0 Å². The number of aromatic hydroxyl groups is 1. The van der Waals surface area contributed by atoms with Crippen molar-refractivity contribution < 1.29 is 14.7 Å². The number of hydrogen-bond acceptors (Lipinski definition) is 4. The number of nitrogens with zero attached hydrogens (tertiary/aromatic N) is 1. The summed E-state index contributed by atoms with van der Waals surface area (Å²) in [5.41, 5.74) is -0.257. The monoisotopic (exact) mass is 205 g/mol. The second-order valence-corrected chi connectivity index (χ2v) is 2.88. The minimum atomic E-state index is -0.599. The molecule has 1 N–H and O–H groups in total. The van der Waals surface area contributed by atoms with E-state index in [1.165, 1.54) is 0 Å². The van der Waals surface area contributed by atoms with E-state index in [0.29, 0.717) is 10.9 Å². The number of aromatic nitrogens is 1. The van der Waals surface area contributed by atoms with Crippen molar-refractivity contribution in [1.82, 2.24) is 4.73 Å². The molecule has 0 aliphatic heterocycles. The van der Waals surface area contributed by atoms with Crippen LogP contribution in [-0.2, 0) is 4.79 Å². The van der Waals surface area contributed by atoms with Gasteiger partial charge < -0.3 is 9.94 Å². The number of carbonyl (C=O) groups excluding carboxylic acids is 1. The summed E-state index contributed by atoms with van der Waals surface area (Å²) in [5.74, 6) is -0.138. The summed E-state index contributed by atoms with van der Waals surface area (Å²) in [4.78, 5) is 26.1. The lowest BCUT2D eigenvalue weighted by atomic mass is 10.2. The Morgan fingerprint density at radius 2 is 2.07 bits per heavy atom. The van der Waals surface area contributed by atoms with Gasteiger partial charge in [0.2, 0.25) is 0 Å². The van der Waals surface area contributed by atoms with Gasteiger partial charge in [0.15, 0.2) is 0 Å². The molecule has 1 heterocycles. The molecule has 76 valence electrons. The molecular weight excluding hydrogens is 198 g/mol. The van der Waals surface area contributed by atoms with Crippen molar-refractivity contribution in [3.8, 4) is 5.75 Å². The van der Waals surface area contributed by atoms with Gasteiger partial charge in [-0.15, -0.1) is 4.73 Å². The first-order chi connectivity index (χ1) is 7.24. The highest BCUT2D eigenvalue weighted by molar-refractivity contribution is 5.84. The molecule has 0 radical (unpaired) electrons. The largest absolute Gasteiger partial charge is 0.507 e. The number of rotatable bonds is 2. The highest BCUT2D eigenvalue weighted by atomic mass is 16.7. The number of pyridine rings is 1. The van der Waals surface area contributed by atoms with E-state index in [1.807, 2.05) is 0 Å². The van der Waals surface area contributed by atoms with Crippen LogP contribution in [0.2, 0.25) is 0 Å². The van der Waals surface area contributed by atoms with Crippen molar-refractivity contribution in [2.45, 2.75) is 0 Å². The van der Waals surface area contributed by atoms with Crippen LogP contribution >= 0.6 is 0 Å². The number of carbonyl (C=O) groups is 1. The molecule has 1 aromatic carbocycles. The molecule has 0 aliphatic carbocycles. The molecule has 0 bridgehead atoms. The number of benzene rings is 1. The summed E-state index contributed by atoms with van der Waals surface area (Å²) >= 11 is 0. The SMILES string of the molecule is O=COn1c(=O)cc(O)c2ccccc21. The van der Waals surface area contributed by atoms with E-state index in [4.69, 9.17) is 0 Å². The maximum absolute atomic E-state index is 11.4. The van der Waals surface area contributed by atoms with E-state index >= 15 is 0 Å². The van der Waals surface area contributed by atoms with Crippen molar-refractivity contribution in [3.63, 3.8) is 0 Å². The van der Waals surface area contributed by atoms with Crippen molar-refractivity contribution >= 4 is 17.4 Å². The third kappa shape index (κ3) is 1.43. The molecule has 0 amide bonds. The van der Waals surface area contributed by atoms with Gasteiger partial charge in [-0.25, -0.2) is 0 Å². The van der Waals surface area contributed by atoms with Gasteiger partial charge in [0, 0.05) is 11.5 Å². The molecule has 0 atom stereocenters. The lowest BCUT2D eigenvalue weighted by molar-refractivity contribution is -0.129. The number of para-hydroxylation sites is 1. The molecule has 0 unspecified atom stereocenters. The molecule has 0 saturated carbocycles. The Labute approximate surface area is 84.1 Å². The Hall–Kier alpha value is -2.30. The predicted octanol–water partition coefficient (Wildman–Crippen LogP) is 0.292. The van der Waals surface area contributed by atoms with E-state index in [0.717, 1.165) is 10.8 Å². The molecule has 2 rings (SSSR count). The maximum Gasteiger partial charge on any atom is 0.321 e. The van der Waals surface area contributed by atoms with Crippen molar-refractivity contribution in [3.05, 3.63) is 40.7 Å². The molecule has 0 spiro atoms. The molecule has 0 fully saturated rings. The van der Waals surface area contributed by atoms with Gasteiger partial charge in [-0.2, -0.15) is 0 Å². The maximum atomic E-state index is 11.4. The van der Waals surface area contributed by atoms with Crippen LogP contribution in [0, 0.1) is 0 Å². The standard InChI is InChI=1S/C10H7NO4/c12-6-15-11-8-4-2-1-3-7(8)9(13)5-10(11)14/h1-6,13H. The molecule has 1 aromatic heterocycles. The molecule has 0 saturated heterocycles. The fraction of sp³-hybridized carbons (Fsp3) is 0. The van der Waals surface area contributed by atoms with Crippen LogP contribution in [0.4, 0.5) is 0 Å². The Bertz CT molecular complexity index is 573. The van der Waals surface area contributed by atoms with Crippen molar-refractivity contribution in [2.24, 2.45) is 0 Å². The first-order valence-corrected chi connectivity index (χ1v) is 4.18. The normalized spacial score (nSPS) is 10.1. The lowest BCUT2D eigenvalue weighted by Crippen LogP contribution is -2.25. The molecule has 15 heavy (non-hydrogen) atoms. The van der Waals surface area contributed by atoms with Crippen LogP contribution in [0.3, 0.4) is 0 Å². The average molecular weight is 205 g/mol. The topological polar surface area (TPSA) is 68.5 Å². The van der Waals surface area contributed by atoms with Gasteiger partial charge in [0.25, 0.3) is 5.56 Å². The van der Waals surface area contributed by atoms with Gasteiger partial charge >= 0.3 is 6.47 Å². The van der Waals surface area contributed by atoms with E-state index < -0.39 is 5.56 Å². The van der Waals surface area contributed by atoms with Gasteiger partial charge in [-0.3, -0.25) is 9.59 Å².